The van der Waals surface area contributed by atoms with Crippen LogP contribution >= 0.6 is 11.8 Å². The molecule has 0 atom stereocenters. The molecule has 1 aromatic heterocycles. The van der Waals surface area contributed by atoms with Gasteiger partial charge in [0.05, 0.1) is 5.03 Å². The van der Waals surface area contributed by atoms with Crippen LogP contribution in [-0.2, 0) is 0 Å². The number of nitrogens with one attached hydrogen (secondary N) is 1. The Labute approximate surface area is 77.1 Å². The van der Waals surface area contributed by atoms with Crippen molar-refractivity contribution in [2.24, 2.45) is 0 Å². The Morgan fingerprint density at radius 3 is 2.25 bits per heavy atom. The minimum absolute atomic E-state index is 1.10. The molecule has 1 fully saturated rings. The van der Waals surface area contributed by atoms with Crippen LogP contribution in [0, 0.1) is 0 Å². The van der Waals surface area contributed by atoms with Crippen molar-refractivity contribution in [3.63, 3.8) is 0 Å². The molecule has 0 aliphatic carbocycles. The van der Waals surface area contributed by atoms with Crippen LogP contribution < -0.4 is 5.32 Å². The van der Waals surface area contributed by atoms with E-state index < -0.39 is 0 Å². The minimum Gasteiger partial charge on any atom is -0.380 e. The van der Waals surface area contributed by atoms with E-state index in [-0.39, 0.29) is 0 Å². The van der Waals surface area contributed by atoms with E-state index in [4.69, 9.17) is 0 Å². The van der Waals surface area contributed by atoms with Gasteiger partial charge in [-0.1, -0.05) is 12.6 Å². The lowest BCUT2D eigenvalue weighted by Gasteiger charge is -1.85. The molecule has 2 rings (SSSR count). The molecule has 0 radical (unpaired) electrons. The van der Waals surface area contributed by atoms with E-state index in [1.807, 2.05) is 18.2 Å². The fraction of sp³-hybridized carbons (Fsp3) is 0.222. The maximum atomic E-state index is 3.78. The van der Waals surface area contributed by atoms with Crippen LogP contribution in [0.25, 0.3) is 0 Å². The SMILES string of the molecule is C=C1NCCS1.c1ccncc1. The van der Waals surface area contributed by atoms with Crippen LogP contribution in [0.15, 0.2) is 42.2 Å². The largest absolute Gasteiger partial charge is 0.380 e. The zero-order chi connectivity index (χ0) is 8.65. The van der Waals surface area contributed by atoms with Crippen molar-refractivity contribution in [3.05, 3.63) is 42.2 Å². The lowest BCUT2D eigenvalue weighted by atomic mass is 10.5. The summed E-state index contributed by atoms with van der Waals surface area (Å²) in [5, 5.41) is 4.21. The zero-order valence-electron chi connectivity index (χ0n) is 6.86. The molecular weight excluding hydrogens is 168 g/mol. The molecule has 0 unspecified atom stereocenters. The second-order valence-electron chi connectivity index (χ2n) is 2.22. The summed E-state index contributed by atoms with van der Waals surface area (Å²) in [6.07, 6.45) is 3.50. The maximum Gasteiger partial charge on any atom is 0.0609 e. The van der Waals surface area contributed by atoms with Gasteiger partial charge in [0, 0.05) is 24.7 Å². The van der Waals surface area contributed by atoms with Crippen molar-refractivity contribution in [1.29, 1.82) is 0 Å². The molecule has 0 spiro atoms. The second kappa shape index (κ2) is 5.66. The van der Waals surface area contributed by atoms with E-state index in [0.29, 0.717) is 0 Å². The first-order chi connectivity index (χ1) is 5.89. The lowest BCUT2D eigenvalue weighted by molar-refractivity contribution is 0.950. The van der Waals surface area contributed by atoms with Crippen LogP contribution in [0.2, 0.25) is 0 Å². The summed E-state index contributed by atoms with van der Waals surface area (Å²) in [4.78, 5) is 3.78. The van der Waals surface area contributed by atoms with Crippen LogP contribution in [-0.4, -0.2) is 17.3 Å². The molecule has 64 valence electrons. The molecule has 1 aliphatic rings. The van der Waals surface area contributed by atoms with Gasteiger partial charge in [-0.3, -0.25) is 4.98 Å². The number of hydrogen-bond donors (Lipinski definition) is 1. The van der Waals surface area contributed by atoms with Crippen LogP contribution in [0.5, 0.6) is 0 Å². The predicted octanol–water partition coefficient (Wildman–Crippen LogP) is 1.88. The van der Waals surface area contributed by atoms with Crippen molar-refractivity contribution in [2.75, 3.05) is 12.3 Å². The van der Waals surface area contributed by atoms with Gasteiger partial charge >= 0.3 is 0 Å². The van der Waals surface area contributed by atoms with E-state index in [2.05, 4.69) is 16.9 Å². The molecule has 3 heteroatoms. The van der Waals surface area contributed by atoms with Gasteiger partial charge in [-0.05, 0) is 12.1 Å². The van der Waals surface area contributed by atoms with E-state index in [1.165, 1.54) is 5.75 Å². The highest BCUT2D eigenvalue weighted by Crippen LogP contribution is 2.13. The Hall–Kier alpha value is -0.960. The van der Waals surface area contributed by atoms with Gasteiger partial charge in [-0.15, -0.1) is 11.8 Å². The summed E-state index contributed by atoms with van der Waals surface area (Å²) in [5.74, 6) is 1.19. The molecule has 2 nitrogen and oxygen atoms in total. The number of pyridine rings is 1. The summed E-state index contributed by atoms with van der Waals surface area (Å²) in [5.41, 5.74) is 0. The van der Waals surface area contributed by atoms with E-state index >= 15 is 0 Å². The van der Waals surface area contributed by atoms with Crippen molar-refractivity contribution >= 4 is 11.8 Å². The molecule has 1 aliphatic heterocycles. The third-order valence-electron chi connectivity index (χ3n) is 1.27. The Kier molecular flexibility index (Phi) is 4.31. The third-order valence-corrected chi connectivity index (χ3v) is 2.17. The van der Waals surface area contributed by atoms with Crippen molar-refractivity contribution in [1.82, 2.24) is 10.3 Å². The Morgan fingerprint density at radius 1 is 1.33 bits per heavy atom. The van der Waals surface area contributed by atoms with Crippen LogP contribution in [0.1, 0.15) is 0 Å². The minimum atomic E-state index is 1.10. The molecule has 0 bridgehead atoms. The average molecular weight is 180 g/mol. The topological polar surface area (TPSA) is 24.9 Å². The fourth-order valence-corrected chi connectivity index (χ4v) is 1.38. The van der Waals surface area contributed by atoms with Gasteiger partial charge in [0.1, 0.15) is 0 Å². The van der Waals surface area contributed by atoms with E-state index in [1.54, 1.807) is 24.2 Å². The Morgan fingerprint density at radius 2 is 2.08 bits per heavy atom. The van der Waals surface area contributed by atoms with Gasteiger partial charge in [0.25, 0.3) is 0 Å². The van der Waals surface area contributed by atoms with Gasteiger partial charge < -0.3 is 5.32 Å². The number of nitrogens with zero attached hydrogens (tertiary/aromatic N) is 1. The summed E-state index contributed by atoms with van der Waals surface area (Å²) in [6, 6.07) is 5.72. The van der Waals surface area contributed by atoms with Crippen molar-refractivity contribution in [3.8, 4) is 0 Å². The molecule has 1 aromatic rings. The molecule has 12 heavy (non-hydrogen) atoms. The third kappa shape index (κ3) is 4.03. The lowest BCUT2D eigenvalue weighted by Crippen LogP contribution is -2.02. The molecule has 1 N–H and O–H groups in total. The summed E-state index contributed by atoms with van der Waals surface area (Å²) < 4.78 is 0. The molecule has 0 aromatic carbocycles. The molecular formula is C9H12N2S. The number of rotatable bonds is 0. The van der Waals surface area contributed by atoms with Crippen molar-refractivity contribution in [2.45, 2.75) is 0 Å². The summed E-state index contributed by atoms with van der Waals surface area (Å²) in [7, 11) is 0. The molecule has 0 saturated carbocycles. The smallest absolute Gasteiger partial charge is 0.0609 e. The van der Waals surface area contributed by atoms with Gasteiger partial charge in [-0.25, -0.2) is 0 Å². The van der Waals surface area contributed by atoms with Crippen molar-refractivity contribution < 1.29 is 0 Å². The predicted molar refractivity (Wildman–Crippen MR) is 53.8 cm³/mol. The monoisotopic (exact) mass is 180 g/mol. The quantitative estimate of drug-likeness (QED) is 0.660. The second-order valence-corrected chi connectivity index (χ2v) is 3.41. The van der Waals surface area contributed by atoms with Gasteiger partial charge in [-0.2, -0.15) is 0 Å². The first-order valence-corrected chi connectivity index (χ1v) is 4.79. The molecule has 2 heterocycles. The first kappa shape index (κ1) is 9.13. The highest BCUT2D eigenvalue weighted by atomic mass is 32.2. The standard InChI is InChI=1S/C5H5N.C4H7NS/c1-2-4-6-5-3-1;1-4-5-2-3-6-4/h1-5H;5H,1-3H2. The number of thioether (sulfide) groups is 1. The Balaban J connectivity index is 0.000000120. The normalized spacial score (nSPS) is 14.5. The zero-order valence-corrected chi connectivity index (χ0v) is 7.68. The van der Waals surface area contributed by atoms with E-state index in [0.717, 1.165) is 11.6 Å². The highest BCUT2D eigenvalue weighted by molar-refractivity contribution is 8.03. The van der Waals surface area contributed by atoms with Crippen LogP contribution in [0.3, 0.4) is 0 Å². The molecule has 1 saturated heterocycles. The number of aromatic nitrogens is 1. The Bertz CT molecular complexity index is 189. The maximum absolute atomic E-state index is 3.78. The summed E-state index contributed by atoms with van der Waals surface area (Å²) in [6.45, 7) is 4.81. The van der Waals surface area contributed by atoms with Gasteiger partial charge in [0.15, 0.2) is 0 Å². The molecule has 0 amide bonds. The highest BCUT2D eigenvalue weighted by Gasteiger charge is 1.99. The fourth-order valence-electron chi connectivity index (χ4n) is 0.728. The first-order valence-electron chi connectivity index (χ1n) is 3.80. The average Bonchev–Trinajstić information content (AvgIpc) is 2.60. The van der Waals surface area contributed by atoms with E-state index in [9.17, 15) is 0 Å². The van der Waals surface area contributed by atoms with Crippen LogP contribution in [0.4, 0.5) is 0 Å². The summed E-state index contributed by atoms with van der Waals surface area (Å²) >= 11 is 1.79. The number of hydrogen-bond acceptors (Lipinski definition) is 3. The van der Waals surface area contributed by atoms with Gasteiger partial charge in [0.2, 0.25) is 0 Å².